The normalized spacial score (nSPS) is 11.0. The third-order valence-corrected chi connectivity index (χ3v) is 3.75. The molecule has 0 spiro atoms. The minimum Gasteiger partial charge on any atom is -0.463 e. The molecule has 0 aliphatic rings. The summed E-state index contributed by atoms with van der Waals surface area (Å²) in [6.45, 7) is 8.42. The fraction of sp³-hybridized carbons (Fsp3) is 0.895. The lowest BCUT2D eigenvalue weighted by Gasteiger charge is -2.08. The molecule has 0 aromatic rings. The van der Waals surface area contributed by atoms with Gasteiger partial charge in [-0.15, -0.1) is 0 Å². The highest BCUT2D eigenvalue weighted by Crippen LogP contribution is 2.11. The van der Waals surface area contributed by atoms with E-state index in [0.29, 0.717) is 6.42 Å². The number of esters is 1. The second kappa shape index (κ2) is 14.5. The van der Waals surface area contributed by atoms with Crippen molar-refractivity contribution in [2.24, 2.45) is 5.92 Å². The molecule has 4 heteroatoms. The van der Waals surface area contributed by atoms with Crippen molar-refractivity contribution in [3.05, 3.63) is 0 Å². The van der Waals surface area contributed by atoms with Crippen LogP contribution in [0.2, 0.25) is 0 Å². The van der Waals surface area contributed by atoms with E-state index in [4.69, 9.17) is 4.74 Å². The van der Waals surface area contributed by atoms with Crippen molar-refractivity contribution in [3.63, 3.8) is 0 Å². The van der Waals surface area contributed by atoms with Gasteiger partial charge in [-0.1, -0.05) is 58.8 Å². The molecule has 0 rings (SSSR count). The minimum absolute atomic E-state index is 0.00111. The van der Waals surface area contributed by atoms with Crippen molar-refractivity contribution in [2.45, 2.75) is 98.0 Å². The number of rotatable bonds is 14. The van der Waals surface area contributed by atoms with E-state index >= 15 is 0 Å². The molecule has 0 radical (unpaired) electrons. The summed E-state index contributed by atoms with van der Waals surface area (Å²) >= 11 is 0. The molecule has 0 heterocycles. The van der Waals surface area contributed by atoms with Gasteiger partial charge in [0.2, 0.25) is 5.91 Å². The second-order valence-corrected chi connectivity index (χ2v) is 6.92. The van der Waals surface area contributed by atoms with Gasteiger partial charge < -0.3 is 10.1 Å². The van der Waals surface area contributed by atoms with Crippen LogP contribution in [-0.2, 0) is 14.3 Å². The molecule has 1 amide bonds. The number of carbonyl (C=O) groups excluding carboxylic acids is 2. The van der Waals surface area contributed by atoms with Gasteiger partial charge in [-0.25, -0.2) is 0 Å². The Hall–Kier alpha value is -1.06. The molecule has 0 atom stereocenters. The van der Waals surface area contributed by atoms with Crippen molar-refractivity contribution in [1.82, 2.24) is 5.32 Å². The lowest BCUT2D eigenvalue weighted by molar-refractivity contribution is -0.147. The molecule has 0 aromatic heterocycles. The minimum atomic E-state index is -0.0652. The third-order valence-electron chi connectivity index (χ3n) is 3.75. The standard InChI is InChI=1S/C19H37NO3/c1-16(2)19(22)20-15-13-11-9-7-5-6-8-10-12-14-18(21)23-17(3)4/h16-17H,5-15H2,1-4H3,(H,20,22). The number of hydrogen-bond donors (Lipinski definition) is 1. The molecule has 0 fully saturated rings. The Bertz CT molecular complexity index is 314. The Labute approximate surface area is 142 Å². The SMILES string of the molecule is CC(C)OC(=O)CCCCCCCCCCCNC(=O)C(C)C. The number of nitrogens with one attached hydrogen (secondary N) is 1. The Kier molecular flexibility index (Phi) is 13.9. The summed E-state index contributed by atoms with van der Waals surface area (Å²) in [5.41, 5.74) is 0. The van der Waals surface area contributed by atoms with Gasteiger partial charge in [-0.3, -0.25) is 9.59 Å². The van der Waals surface area contributed by atoms with E-state index < -0.39 is 0 Å². The molecular formula is C19H37NO3. The van der Waals surface area contributed by atoms with Crippen molar-refractivity contribution in [2.75, 3.05) is 6.54 Å². The molecule has 0 aliphatic carbocycles. The van der Waals surface area contributed by atoms with Gasteiger partial charge >= 0.3 is 5.97 Å². The fourth-order valence-electron chi connectivity index (χ4n) is 2.37. The van der Waals surface area contributed by atoms with Crippen LogP contribution in [0.5, 0.6) is 0 Å². The van der Waals surface area contributed by atoms with Gasteiger partial charge in [0.05, 0.1) is 6.10 Å². The summed E-state index contributed by atoms with van der Waals surface area (Å²) in [4.78, 5) is 22.7. The van der Waals surface area contributed by atoms with Crippen LogP contribution in [0.1, 0.15) is 91.9 Å². The molecule has 4 nitrogen and oxygen atoms in total. The summed E-state index contributed by atoms with van der Waals surface area (Å²) in [6, 6.07) is 0. The van der Waals surface area contributed by atoms with Crippen LogP contribution in [0.15, 0.2) is 0 Å². The molecule has 0 bridgehead atoms. The zero-order chi connectivity index (χ0) is 17.5. The Morgan fingerprint density at radius 1 is 0.783 bits per heavy atom. The van der Waals surface area contributed by atoms with Gasteiger partial charge in [0, 0.05) is 18.9 Å². The predicted octanol–water partition coefficient (Wildman–Crippen LogP) is 4.61. The highest BCUT2D eigenvalue weighted by Gasteiger charge is 2.05. The van der Waals surface area contributed by atoms with Crippen LogP contribution in [0.4, 0.5) is 0 Å². The number of ether oxygens (including phenoxy) is 1. The molecule has 0 saturated carbocycles. The van der Waals surface area contributed by atoms with Gasteiger partial charge in [-0.2, -0.15) is 0 Å². The highest BCUT2D eigenvalue weighted by atomic mass is 16.5. The van der Waals surface area contributed by atoms with Crippen molar-refractivity contribution >= 4 is 11.9 Å². The van der Waals surface area contributed by atoms with Crippen LogP contribution >= 0.6 is 0 Å². The Morgan fingerprint density at radius 2 is 1.26 bits per heavy atom. The molecule has 23 heavy (non-hydrogen) atoms. The average Bonchev–Trinajstić information content (AvgIpc) is 2.47. The van der Waals surface area contributed by atoms with E-state index in [1.54, 1.807) is 0 Å². The van der Waals surface area contributed by atoms with Gasteiger partial charge in [0.15, 0.2) is 0 Å². The van der Waals surface area contributed by atoms with Crippen molar-refractivity contribution in [3.8, 4) is 0 Å². The van der Waals surface area contributed by atoms with E-state index in [2.05, 4.69) is 5.32 Å². The van der Waals surface area contributed by atoms with E-state index in [-0.39, 0.29) is 23.9 Å². The number of carbonyl (C=O) groups is 2. The number of amides is 1. The summed E-state index contributed by atoms with van der Waals surface area (Å²) in [5, 5.41) is 2.95. The summed E-state index contributed by atoms with van der Waals surface area (Å²) in [5.74, 6) is 0.175. The monoisotopic (exact) mass is 327 g/mol. The Morgan fingerprint density at radius 3 is 1.74 bits per heavy atom. The first kappa shape index (κ1) is 21.9. The lowest BCUT2D eigenvalue weighted by atomic mass is 10.1. The maximum absolute atomic E-state index is 11.4. The quantitative estimate of drug-likeness (QED) is 0.374. The number of hydrogen-bond acceptors (Lipinski definition) is 3. The fourth-order valence-corrected chi connectivity index (χ4v) is 2.37. The molecule has 0 aromatic carbocycles. The first-order chi connectivity index (χ1) is 10.9. The largest absolute Gasteiger partial charge is 0.463 e. The summed E-state index contributed by atoms with van der Waals surface area (Å²) in [6.07, 6.45) is 11.1. The first-order valence-corrected chi connectivity index (χ1v) is 9.40. The molecule has 0 unspecified atom stereocenters. The maximum Gasteiger partial charge on any atom is 0.306 e. The highest BCUT2D eigenvalue weighted by molar-refractivity contribution is 5.77. The lowest BCUT2D eigenvalue weighted by Crippen LogP contribution is -2.28. The van der Waals surface area contributed by atoms with Crippen molar-refractivity contribution < 1.29 is 14.3 Å². The summed E-state index contributed by atoms with van der Waals surface area (Å²) in [7, 11) is 0. The predicted molar refractivity (Wildman–Crippen MR) is 95.2 cm³/mol. The first-order valence-electron chi connectivity index (χ1n) is 9.40. The third kappa shape index (κ3) is 15.6. The molecule has 0 saturated heterocycles. The second-order valence-electron chi connectivity index (χ2n) is 6.92. The van der Waals surface area contributed by atoms with E-state index in [1.807, 2.05) is 27.7 Å². The number of unbranched alkanes of at least 4 members (excludes halogenated alkanes) is 8. The molecule has 1 N–H and O–H groups in total. The topological polar surface area (TPSA) is 55.4 Å². The van der Waals surface area contributed by atoms with Gasteiger partial charge in [0.25, 0.3) is 0 Å². The Balaban J connectivity index is 3.19. The van der Waals surface area contributed by atoms with Crippen LogP contribution in [-0.4, -0.2) is 24.5 Å². The van der Waals surface area contributed by atoms with Gasteiger partial charge in [0.1, 0.15) is 0 Å². The van der Waals surface area contributed by atoms with Crippen molar-refractivity contribution in [1.29, 1.82) is 0 Å². The molecule has 136 valence electrons. The van der Waals surface area contributed by atoms with Crippen LogP contribution < -0.4 is 5.32 Å². The maximum atomic E-state index is 11.4. The van der Waals surface area contributed by atoms with E-state index in [0.717, 1.165) is 25.8 Å². The van der Waals surface area contributed by atoms with Gasteiger partial charge in [-0.05, 0) is 26.7 Å². The van der Waals surface area contributed by atoms with Crippen LogP contribution in [0.25, 0.3) is 0 Å². The smallest absolute Gasteiger partial charge is 0.306 e. The summed E-state index contributed by atoms with van der Waals surface area (Å²) < 4.78 is 5.10. The van der Waals surface area contributed by atoms with E-state index in [1.165, 1.54) is 38.5 Å². The molecule has 0 aliphatic heterocycles. The zero-order valence-electron chi connectivity index (χ0n) is 15.7. The van der Waals surface area contributed by atoms with E-state index in [9.17, 15) is 9.59 Å². The molecular weight excluding hydrogens is 290 g/mol. The average molecular weight is 328 g/mol. The van der Waals surface area contributed by atoms with Crippen LogP contribution in [0.3, 0.4) is 0 Å². The van der Waals surface area contributed by atoms with Crippen LogP contribution in [0, 0.1) is 5.92 Å². The zero-order valence-corrected chi connectivity index (χ0v) is 15.7.